The van der Waals surface area contributed by atoms with Crippen molar-refractivity contribution in [3.8, 4) is 5.75 Å². The number of benzene rings is 2. The Hall–Kier alpha value is -2.33. The topological polar surface area (TPSA) is 52.6 Å². The molecule has 0 aliphatic carbocycles. The van der Waals surface area contributed by atoms with Crippen LogP contribution in [0.5, 0.6) is 5.75 Å². The van der Waals surface area contributed by atoms with Crippen molar-refractivity contribution in [2.24, 2.45) is 5.92 Å². The lowest BCUT2D eigenvalue weighted by Crippen LogP contribution is -2.38. The van der Waals surface area contributed by atoms with Crippen LogP contribution in [0, 0.1) is 5.92 Å². The number of carbonyl (C=O) groups excluding carboxylic acids is 1. The van der Waals surface area contributed by atoms with E-state index in [9.17, 15) is 9.90 Å². The third-order valence-corrected chi connectivity index (χ3v) is 6.97. The zero-order valence-electron chi connectivity index (χ0n) is 22.1. The van der Waals surface area contributed by atoms with Crippen LogP contribution in [-0.2, 0) is 28.6 Å². The van der Waals surface area contributed by atoms with Crippen molar-refractivity contribution in [3.05, 3.63) is 64.7 Å². The van der Waals surface area contributed by atoms with Gasteiger partial charge in [0.15, 0.2) is 0 Å². The molecule has 1 aliphatic rings. The van der Waals surface area contributed by atoms with Crippen molar-refractivity contribution in [1.29, 1.82) is 0 Å². The Kier molecular flexibility index (Phi) is 8.46. The summed E-state index contributed by atoms with van der Waals surface area (Å²) in [6.45, 7) is 16.7. The number of phenolic OH excluding ortho intramolecular Hbond substituents is 1. The Bertz CT molecular complexity index is 911. The molecule has 1 saturated heterocycles. The van der Waals surface area contributed by atoms with E-state index >= 15 is 0 Å². The Balaban J connectivity index is 1.49. The number of piperidine rings is 1. The van der Waals surface area contributed by atoms with Crippen LogP contribution in [0.4, 0.5) is 0 Å². The molecule has 1 fully saturated rings. The van der Waals surface area contributed by atoms with Crippen molar-refractivity contribution < 1.29 is 9.90 Å². The molecule has 2 aromatic carbocycles. The van der Waals surface area contributed by atoms with Crippen molar-refractivity contribution in [3.63, 3.8) is 0 Å². The zero-order chi connectivity index (χ0) is 24.9. The van der Waals surface area contributed by atoms with E-state index in [4.69, 9.17) is 0 Å². The first-order valence-corrected chi connectivity index (χ1v) is 12.8. The van der Waals surface area contributed by atoms with Crippen molar-refractivity contribution in [2.75, 3.05) is 19.6 Å². The molecule has 0 atom stereocenters. The highest BCUT2D eigenvalue weighted by molar-refractivity contribution is 5.76. The smallest absolute Gasteiger partial charge is 0.220 e. The largest absolute Gasteiger partial charge is 0.507 e. The Morgan fingerprint density at radius 2 is 1.50 bits per heavy atom. The minimum Gasteiger partial charge on any atom is -0.507 e. The fraction of sp³-hybridized carbons (Fsp3) is 0.567. The molecule has 1 aliphatic heterocycles. The number of likely N-dealkylation sites (tertiary alicyclic amines) is 1. The van der Waals surface area contributed by atoms with Crippen LogP contribution in [0.3, 0.4) is 0 Å². The van der Waals surface area contributed by atoms with Gasteiger partial charge in [-0.05, 0) is 71.4 Å². The fourth-order valence-corrected chi connectivity index (χ4v) is 4.78. The summed E-state index contributed by atoms with van der Waals surface area (Å²) in [6.07, 6.45) is 3.43. The first-order valence-electron chi connectivity index (χ1n) is 12.8. The van der Waals surface area contributed by atoms with E-state index in [0.29, 0.717) is 24.5 Å². The molecule has 0 unspecified atom stereocenters. The molecule has 4 heteroatoms. The van der Waals surface area contributed by atoms with E-state index in [2.05, 4.69) is 94.2 Å². The molecule has 34 heavy (non-hydrogen) atoms. The highest BCUT2D eigenvalue weighted by Gasteiger charge is 2.26. The lowest BCUT2D eigenvalue weighted by molar-refractivity contribution is -0.121. The Morgan fingerprint density at radius 1 is 0.941 bits per heavy atom. The van der Waals surface area contributed by atoms with Gasteiger partial charge in [-0.3, -0.25) is 9.69 Å². The molecule has 2 N–H and O–H groups in total. The monoisotopic (exact) mass is 464 g/mol. The third-order valence-electron chi connectivity index (χ3n) is 6.97. The lowest BCUT2D eigenvalue weighted by Gasteiger charge is -2.32. The lowest BCUT2D eigenvalue weighted by atomic mass is 9.78. The molecule has 0 radical (unpaired) electrons. The molecule has 0 saturated carbocycles. The van der Waals surface area contributed by atoms with Gasteiger partial charge in [0.1, 0.15) is 5.75 Å². The van der Waals surface area contributed by atoms with E-state index < -0.39 is 0 Å². The minimum absolute atomic E-state index is 0.120. The van der Waals surface area contributed by atoms with Crippen molar-refractivity contribution in [2.45, 2.75) is 84.6 Å². The minimum atomic E-state index is -0.155. The average Bonchev–Trinajstić information content (AvgIpc) is 2.77. The standard InChI is InChI=1S/C30H44N2O2/c1-29(2,3)25-18-24(19-26(28(25)34)30(4,5)6)12-13-27(33)31-20-22-14-16-32(17-15-22)21-23-10-8-7-9-11-23/h7-11,18-19,22,34H,12-17,20-21H2,1-6H3,(H,31,33). The molecule has 0 bridgehead atoms. The zero-order valence-corrected chi connectivity index (χ0v) is 22.1. The number of aromatic hydroxyl groups is 1. The predicted molar refractivity (Wildman–Crippen MR) is 141 cm³/mol. The highest BCUT2D eigenvalue weighted by atomic mass is 16.3. The molecular weight excluding hydrogens is 420 g/mol. The molecule has 0 aromatic heterocycles. The summed E-state index contributed by atoms with van der Waals surface area (Å²) in [5.74, 6) is 1.07. The number of nitrogens with one attached hydrogen (secondary N) is 1. The summed E-state index contributed by atoms with van der Waals surface area (Å²) in [7, 11) is 0. The predicted octanol–water partition coefficient (Wildman–Crippen LogP) is 5.95. The maximum atomic E-state index is 12.6. The summed E-state index contributed by atoms with van der Waals surface area (Å²) >= 11 is 0. The summed E-state index contributed by atoms with van der Waals surface area (Å²) < 4.78 is 0. The molecule has 1 amide bonds. The number of rotatable bonds is 7. The van der Waals surface area contributed by atoms with Crippen LogP contribution < -0.4 is 5.32 Å². The molecule has 2 aromatic rings. The third kappa shape index (κ3) is 7.33. The summed E-state index contributed by atoms with van der Waals surface area (Å²) in [6, 6.07) is 14.8. The van der Waals surface area contributed by atoms with E-state index in [0.717, 1.165) is 55.7 Å². The number of amides is 1. The molecule has 3 rings (SSSR count). The van der Waals surface area contributed by atoms with Gasteiger partial charge >= 0.3 is 0 Å². The second-order valence-corrected chi connectivity index (χ2v) is 12.0. The van der Waals surface area contributed by atoms with Gasteiger partial charge in [-0.25, -0.2) is 0 Å². The van der Waals surface area contributed by atoms with Gasteiger partial charge < -0.3 is 10.4 Å². The maximum absolute atomic E-state index is 12.6. The normalized spacial score (nSPS) is 15.9. The average molecular weight is 465 g/mol. The second kappa shape index (κ2) is 10.9. The summed E-state index contributed by atoms with van der Waals surface area (Å²) in [5, 5.41) is 14.1. The van der Waals surface area contributed by atoms with E-state index in [1.54, 1.807) is 0 Å². The van der Waals surface area contributed by atoms with E-state index in [1.807, 2.05) is 0 Å². The van der Waals surface area contributed by atoms with Gasteiger partial charge in [-0.2, -0.15) is 0 Å². The number of carbonyl (C=O) groups is 1. The molecule has 1 heterocycles. The Labute approximate surface area is 206 Å². The van der Waals surface area contributed by atoms with Gasteiger partial charge in [-0.1, -0.05) is 84.0 Å². The van der Waals surface area contributed by atoms with Gasteiger partial charge in [0.05, 0.1) is 0 Å². The van der Waals surface area contributed by atoms with Crippen LogP contribution in [-0.4, -0.2) is 35.5 Å². The van der Waals surface area contributed by atoms with Crippen LogP contribution in [0.25, 0.3) is 0 Å². The SMILES string of the molecule is CC(C)(C)c1cc(CCC(=O)NCC2CCN(Cc3ccccc3)CC2)cc(C(C)(C)C)c1O. The van der Waals surface area contributed by atoms with Gasteiger partial charge in [0.25, 0.3) is 0 Å². The first-order chi connectivity index (χ1) is 15.9. The number of aryl methyl sites for hydroxylation is 1. The van der Waals surface area contributed by atoms with Crippen LogP contribution >= 0.6 is 0 Å². The summed E-state index contributed by atoms with van der Waals surface area (Å²) in [5.41, 5.74) is 4.09. The second-order valence-electron chi connectivity index (χ2n) is 12.0. The molecule has 4 nitrogen and oxygen atoms in total. The van der Waals surface area contributed by atoms with Gasteiger partial charge in [0, 0.05) is 19.5 Å². The van der Waals surface area contributed by atoms with Gasteiger partial charge in [-0.15, -0.1) is 0 Å². The number of nitrogens with zero attached hydrogens (tertiary/aromatic N) is 1. The quantitative estimate of drug-likeness (QED) is 0.532. The number of hydrogen-bond acceptors (Lipinski definition) is 3. The highest BCUT2D eigenvalue weighted by Crippen LogP contribution is 2.40. The molecular formula is C30H44N2O2. The van der Waals surface area contributed by atoms with Gasteiger partial charge in [0.2, 0.25) is 5.91 Å². The van der Waals surface area contributed by atoms with Crippen molar-refractivity contribution >= 4 is 5.91 Å². The number of phenols is 1. The fourth-order valence-electron chi connectivity index (χ4n) is 4.78. The maximum Gasteiger partial charge on any atom is 0.220 e. The van der Waals surface area contributed by atoms with E-state index in [1.165, 1.54) is 5.56 Å². The van der Waals surface area contributed by atoms with E-state index in [-0.39, 0.29) is 16.7 Å². The van der Waals surface area contributed by atoms with Crippen LogP contribution in [0.1, 0.15) is 83.1 Å². The molecule has 0 spiro atoms. The molecule has 186 valence electrons. The van der Waals surface area contributed by atoms with Crippen LogP contribution in [0.15, 0.2) is 42.5 Å². The Morgan fingerprint density at radius 3 is 2.03 bits per heavy atom. The first kappa shape index (κ1) is 26.3. The van der Waals surface area contributed by atoms with Crippen LogP contribution in [0.2, 0.25) is 0 Å². The summed E-state index contributed by atoms with van der Waals surface area (Å²) in [4.78, 5) is 15.1. The number of hydrogen-bond donors (Lipinski definition) is 2. The van der Waals surface area contributed by atoms with Crippen molar-refractivity contribution in [1.82, 2.24) is 10.2 Å².